The normalized spacial score (nSPS) is 11.6. The van der Waals surface area contributed by atoms with Crippen LogP contribution in [-0.4, -0.2) is 4.98 Å². The molecule has 0 saturated heterocycles. The average Bonchev–Trinajstić information content (AvgIpc) is 2.77. The molecule has 2 rings (SSSR count). The van der Waals surface area contributed by atoms with E-state index in [9.17, 15) is 13.2 Å². The maximum absolute atomic E-state index is 12.6. The lowest BCUT2D eigenvalue weighted by molar-refractivity contribution is -0.137. The van der Waals surface area contributed by atoms with Crippen molar-refractivity contribution < 1.29 is 13.2 Å². The van der Waals surface area contributed by atoms with E-state index in [-0.39, 0.29) is 0 Å². The van der Waals surface area contributed by atoms with E-state index in [1.807, 2.05) is 6.92 Å². The van der Waals surface area contributed by atoms with E-state index in [0.29, 0.717) is 16.3 Å². The Morgan fingerprint density at radius 2 is 2.06 bits per heavy atom. The van der Waals surface area contributed by atoms with Gasteiger partial charge in [-0.25, -0.2) is 4.98 Å². The van der Waals surface area contributed by atoms with Crippen LogP contribution in [0.15, 0.2) is 36.2 Å². The molecule has 94 valence electrons. The van der Waals surface area contributed by atoms with Crippen LogP contribution in [0.1, 0.15) is 18.2 Å². The van der Waals surface area contributed by atoms with E-state index in [1.165, 1.54) is 17.4 Å². The molecule has 0 radical (unpaired) electrons. The first-order chi connectivity index (χ1) is 8.38. The minimum absolute atomic E-state index is 0.474. The van der Waals surface area contributed by atoms with Gasteiger partial charge in [0, 0.05) is 10.9 Å². The van der Waals surface area contributed by atoms with Crippen LogP contribution in [0, 0.1) is 0 Å². The van der Waals surface area contributed by atoms with E-state index < -0.39 is 11.7 Å². The van der Waals surface area contributed by atoms with Crippen molar-refractivity contribution in [3.63, 3.8) is 0 Å². The SMILES string of the molecule is C=C(C)c1csc(-c2cccc(C(F)(F)F)c2)n1. The highest BCUT2D eigenvalue weighted by Crippen LogP contribution is 2.33. The minimum Gasteiger partial charge on any atom is -0.236 e. The van der Waals surface area contributed by atoms with E-state index in [1.54, 1.807) is 11.4 Å². The highest BCUT2D eigenvalue weighted by atomic mass is 32.1. The van der Waals surface area contributed by atoms with Gasteiger partial charge in [-0.05, 0) is 24.6 Å². The number of nitrogens with zero attached hydrogens (tertiary/aromatic N) is 1. The van der Waals surface area contributed by atoms with Gasteiger partial charge in [-0.1, -0.05) is 18.7 Å². The van der Waals surface area contributed by atoms with Gasteiger partial charge in [-0.15, -0.1) is 11.3 Å². The van der Waals surface area contributed by atoms with Gasteiger partial charge in [0.1, 0.15) is 5.01 Å². The molecule has 0 amide bonds. The molecular weight excluding hydrogens is 259 g/mol. The summed E-state index contributed by atoms with van der Waals surface area (Å²) in [7, 11) is 0. The third-order valence-corrected chi connectivity index (χ3v) is 3.27. The van der Waals surface area contributed by atoms with E-state index in [0.717, 1.165) is 17.7 Å². The van der Waals surface area contributed by atoms with Crippen molar-refractivity contribution in [3.8, 4) is 10.6 Å². The summed E-state index contributed by atoms with van der Waals surface area (Å²) in [5.74, 6) is 0. The van der Waals surface area contributed by atoms with Crippen molar-refractivity contribution in [1.29, 1.82) is 0 Å². The zero-order valence-corrected chi connectivity index (χ0v) is 10.4. The molecule has 2 aromatic rings. The summed E-state index contributed by atoms with van der Waals surface area (Å²) >= 11 is 1.31. The van der Waals surface area contributed by atoms with Crippen LogP contribution < -0.4 is 0 Å². The predicted molar refractivity (Wildman–Crippen MR) is 67.3 cm³/mol. The number of thiazole rings is 1. The number of rotatable bonds is 2. The van der Waals surface area contributed by atoms with Gasteiger partial charge in [0.25, 0.3) is 0 Å². The summed E-state index contributed by atoms with van der Waals surface area (Å²) in [5, 5.41) is 2.36. The third kappa shape index (κ3) is 2.61. The fraction of sp³-hybridized carbons (Fsp3) is 0.154. The highest BCUT2D eigenvalue weighted by Gasteiger charge is 2.30. The molecule has 0 spiro atoms. The molecule has 0 aliphatic carbocycles. The number of alkyl halides is 3. The van der Waals surface area contributed by atoms with Crippen LogP contribution >= 0.6 is 11.3 Å². The number of halogens is 3. The lowest BCUT2D eigenvalue weighted by atomic mass is 10.1. The Kier molecular flexibility index (Phi) is 3.26. The average molecular weight is 269 g/mol. The smallest absolute Gasteiger partial charge is 0.236 e. The van der Waals surface area contributed by atoms with Crippen LogP contribution in [0.2, 0.25) is 0 Å². The molecular formula is C13H10F3NS. The number of hydrogen-bond donors (Lipinski definition) is 0. The third-order valence-electron chi connectivity index (χ3n) is 2.38. The lowest BCUT2D eigenvalue weighted by Gasteiger charge is -2.07. The van der Waals surface area contributed by atoms with Crippen molar-refractivity contribution in [1.82, 2.24) is 4.98 Å². The van der Waals surface area contributed by atoms with Gasteiger partial charge in [-0.3, -0.25) is 0 Å². The van der Waals surface area contributed by atoms with Gasteiger partial charge >= 0.3 is 6.18 Å². The van der Waals surface area contributed by atoms with Gasteiger partial charge in [0.05, 0.1) is 11.3 Å². The summed E-state index contributed by atoms with van der Waals surface area (Å²) in [5.41, 5.74) is 1.33. The summed E-state index contributed by atoms with van der Waals surface area (Å²) in [6.07, 6.45) is -4.33. The highest BCUT2D eigenvalue weighted by molar-refractivity contribution is 7.13. The summed E-state index contributed by atoms with van der Waals surface area (Å²) in [4.78, 5) is 4.25. The van der Waals surface area contributed by atoms with E-state index >= 15 is 0 Å². The van der Waals surface area contributed by atoms with Crippen molar-refractivity contribution in [3.05, 3.63) is 47.5 Å². The largest absolute Gasteiger partial charge is 0.416 e. The monoisotopic (exact) mass is 269 g/mol. The van der Waals surface area contributed by atoms with Crippen LogP contribution in [0.4, 0.5) is 13.2 Å². The fourth-order valence-corrected chi connectivity index (χ4v) is 2.32. The number of benzene rings is 1. The number of allylic oxidation sites excluding steroid dienone is 1. The Hall–Kier alpha value is -1.62. The van der Waals surface area contributed by atoms with Crippen molar-refractivity contribution in [2.45, 2.75) is 13.1 Å². The van der Waals surface area contributed by atoms with Crippen LogP contribution in [-0.2, 0) is 6.18 Å². The van der Waals surface area contributed by atoms with Gasteiger partial charge in [-0.2, -0.15) is 13.2 Å². The molecule has 0 N–H and O–H groups in total. The molecule has 1 heterocycles. The summed E-state index contributed by atoms with van der Waals surface area (Å²) < 4.78 is 37.8. The molecule has 0 aliphatic heterocycles. The molecule has 5 heteroatoms. The Balaban J connectivity index is 2.41. The molecule has 1 aromatic heterocycles. The first-order valence-electron chi connectivity index (χ1n) is 5.17. The molecule has 0 unspecified atom stereocenters. The topological polar surface area (TPSA) is 12.9 Å². The van der Waals surface area contributed by atoms with Crippen molar-refractivity contribution in [2.24, 2.45) is 0 Å². The standard InChI is InChI=1S/C13H10F3NS/c1-8(2)11-7-18-12(17-11)9-4-3-5-10(6-9)13(14,15)16/h3-7H,1H2,2H3. The molecule has 0 fully saturated rings. The Morgan fingerprint density at radius 3 is 2.61 bits per heavy atom. The molecule has 18 heavy (non-hydrogen) atoms. The Bertz CT molecular complexity index is 584. The fourth-order valence-electron chi connectivity index (χ4n) is 1.43. The molecule has 1 aromatic carbocycles. The van der Waals surface area contributed by atoms with Gasteiger partial charge in [0.15, 0.2) is 0 Å². The zero-order chi connectivity index (χ0) is 13.3. The second-order valence-corrected chi connectivity index (χ2v) is 4.75. The van der Waals surface area contributed by atoms with E-state index in [4.69, 9.17) is 0 Å². The van der Waals surface area contributed by atoms with Gasteiger partial charge < -0.3 is 0 Å². The maximum Gasteiger partial charge on any atom is 0.416 e. The molecule has 0 bridgehead atoms. The molecule has 0 aliphatic rings. The molecule has 0 saturated carbocycles. The number of aromatic nitrogens is 1. The second kappa shape index (κ2) is 4.57. The zero-order valence-electron chi connectivity index (χ0n) is 9.58. The molecule has 0 atom stereocenters. The van der Waals surface area contributed by atoms with Crippen LogP contribution in [0.5, 0.6) is 0 Å². The Morgan fingerprint density at radius 1 is 1.33 bits per heavy atom. The van der Waals surface area contributed by atoms with Crippen LogP contribution in [0.25, 0.3) is 16.1 Å². The molecule has 1 nitrogen and oxygen atoms in total. The first-order valence-corrected chi connectivity index (χ1v) is 6.05. The van der Waals surface area contributed by atoms with Crippen LogP contribution in [0.3, 0.4) is 0 Å². The lowest BCUT2D eigenvalue weighted by Crippen LogP contribution is -2.04. The quantitative estimate of drug-likeness (QED) is 0.758. The summed E-state index contributed by atoms with van der Waals surface area (Å²) in [6.45, 7) is 5.56. The van der Waals surface area contributed by atoms with Gasteiger partial charge in [0.2, 0.25) is 0 Å². The number of hydrogen-bond acceptors (Lipinski definition) is 2. The predicted octanol–water partition coefficient (Wildman–Crippen LogP) is 4.86. The summed E-state index contributed by atoms with van der Waals surface area (Å²) in [6, 6.07) is 5.17. The first kappa shape index (κ1) is 12.8. The van der Waals surface area contributed by atoms with Crippen molar-refractivity contribution >= 4 is 16.9 Å². The van der Waals surface area contributed by atoms with E-state index in [2.05, 4.69) is 11.6 Å². The Labute approximate surface area is 107 Å². The second-order valence-electron chi connectivity index (χ2n) is 3.90. The maximum atomic E-state index is 12.6. The minimum atomic E-state index is -4.33. The van der Waals surface area contributed by atoms with Crippen molar-refractivity contribution in [2.75, 3.05) is 0 Å².